The van der Waals surface area contributed by atoms with Crippen LogP contribution < -0.4 is 0 Å². The highest BCUT2D eigenvalue weighted by atomic mass is 16.3. The van der Waals surface area contributed by atoms with Crippen molar-refractivity contribution < 1.29 is 10.2 Å². The third-order valence-electron chi connectivity index (χ3n) is 11.2. The summed E-state index contributed by atoms with van der Waals surface area (Å²) in [6.45, 7) is 4.17. The van der Waals surface area contributed by atoms with Crippen LogP contribution >= 0.6 is 0 Å². The number of nitrogens with one attached hydrogen (secondary N) is 1. The van der Waals surface area contributed by atoms with Crippen LogP contribution in [0.25, 0.3) is 27.4 Å². The molecule has 3 aromatic rings. The van der Waals surface area contributed by atoms with Crippen LogP contribution in [0.3, 0.4) is 0 Å². The van der Waals surface area contributed by atoms with Crippen LogP contribution in [0.1, 0.15) is 63.5 Å². The molecule has 1 spiro atoms. The minimum Gasteiger partial charge on any atom is -0.389 e. The monoisotopic (exact) mass is 564 g/mol. The van der Waals surface area contributed by atoms with Gasteiger partial charge in [0.05, 0.1) is 23.4 Å². The molecule has 6 heterocycles. The van der Waals surface area contributed by atoms with Crippen LogP contribution in [0.15, 0.2) is 66.9 Å². The Bertz CT molecular complexity index is 1570. The number of H-pyrrole nitrogens is 1. The van der Waals surface area contributed by atoms with Gasteiger partial charge in [-0.05, 0) is 107 Å². The molecule has 0 amide bonds. The van der Waals surface area contributed by atoms with E-state index in [1.54, 1.807) is 0 Å². The zero-order valence-corrected chi connectivity index (χ0v) is 24.6. The smallest absolute Gasteiger partial charge is 0.103 e. The number of aliphatic hydroxyl groups excluding tert-OH is 1. The third-order valence-corrected chi connectivity index (χ3v) is 11.2. The molecule has 3 N–H and O–H groups in total. The first kappa shape index (κ1) is 26.8. The van der Waals surface area contributed by atoms with Gasteiger partial charge in [0.1, 0.15) is 5.60 Å². The minimum atomic E-state index is -1.06. The highest BCUT2D eigenvalue weighted by Gasteiger charge is 2.65. The zero-order valence-electron chi connectivity index (χ0n) is 24.6. The largest absolute Gasteiger partial charge is 0.389 e. The number of fused-ring (bicyclic) bond motifs is 5. The van der Waals surface area contributed by atoms with Gasteiger partial charge in [0, 0.05) is 40.5 Å². The first-order chi connectivity index (χ1) is 20.6. The van der Waals surface area contributed by atoms with Crippen LogP contribution in [0.5, 0.6) is 0 Å². The van der Waals surface area contributed by atoms with E-state index in [2.05, 4.69) is 69.4 Å². The normalized spacial score (nSPS) is 38.8. The summed E-state index contributed by atoms with van der Waals surface area (Å²) < 4.78 is 0. The molecule has 4 aliphatic heterocycles. The highest BCUT2D eigenvalue weighted by Crippen LogP contribution is 2.61. The molecule has 1 aromatic carbocycles. The Hall–Kier alpha value is -2.77. The minimum absolute atomic E-state index is 0.0266. The van der Waals surface area contributed by atoms with E-state index >= 15 is 0 Å². The van der Waals surface area contributed by atoms with Gasteiger partial charge in [-0.2, -0.15) is 0 Å². The van der Waals surface area contributed by atoms with E-state index in [1.165, 1.54) is 29.2 Å². The van der Waals surface area contributed by atoms with Crippen molar-refractivity contribution in [2.24, 2.45) is 11.3 Å². The molecule has 7 atom stereocenters. The van der Waals surface area contributed by atoms with Crippen LogP contribution in [-0.2, 0) is 0 Å². The average Bonchev–Trinajstić information content (AvgIpc) is 3.50. The van der Waals surface area contributed by atoms with Crippen molar-refractivity contribution in [3.8, 4) is 0 Å². The summed E-state index contributed by atoms with van der Waals surface area (Å²) in [6, 6.07) is 11.0. The van der Waals surface area contributed by atoms with E-state index in [0.29, 0.717) is 18.4 Å². The van der Waals surface area contributed by atoms with Crippen LogP contribution in [0.4, 0.5) is 0 Å². The maximum Gasteiger partial charge on any atom is 0.103 e. The summed E-state index contributed by atoms with van der Waals surface area (Å²) in [4.78, 5) is 14.2. The molecule has 1 aliphatic carbocycles. The summed E-state index contributed by atoms with van der Waals surface area (Å²) in [5.41, 5.74) is 3.29. The predicted molar refractivity (Wildman–Crippen MR) is 169 cm³/mol. The van der Waals surface area contributed by atoms with Gasteiger partial charge in [-0.25, -0.2) is 0 Å². The second kappa shape index (κ2) is 10.4. The van der Waals surface area contributed by atoms with E-state index < -0.39 is 11.7 Å². The molecule has 6 nitrogen and oxygen atoms in total. The number of piperidine rings is 1. The molecule has 0 radical (unpaired) electrons. The first-order valence-corrected chi connectivity index (χ1v) is 16.4. The molecular formula is C36H44N4O2. The summed E-state index contributed by atoms with van der Waals surface area (Å²) in [5.74, 6) is 0.324. The van der Waals surface area contributed by atoms with Gasteiger partial charge in [0.15, 0.2) is 0 Å². The van der Waals surface area contributed by atoms with Crippen molar-refractivity contribution in [2.45, 2.75) is 81.6 Å². The van der Waals surface area contributed by atoms with Gasteiger partial charge in [-0.3, -0.25) is 9.88 Å². The Morgan fingerprint density at radius 3 is 2.79 bits per heavy atom. The van der Waals surface area contributed by atoms with Crippen LogP contribution in [0.2, 0.25) is 0 Å². The van der Waals surface area contributed by atoms with Gasteiger partial charge in [-0.1, -0.05) is 42.5 Å². The number of aromatic amines is 1. The van der Waals surface area contributed by atoms with Crippen molar-refractivity contribution in [2.75, 3.05) is 26.2 Å². The Balaban J connectivity index is 1.35. The first-order valence-electron chi connectivity index (χ1n) is 16.4. The van der Waals surface area contributed by atoms with E-state index in [-0.39, 0.29) is 11.5 Å². The predicted octanol–water partition coefficient (Wildman–Crippen LogP) is 5.83. The topological polar surface area (TPSA) is 75.6 Å². The molecule has 220 valence electrons. The second-order valence-electron chi connectivity index (χ2n) is 13.7. The van der Waals surface area contributed by atoms with E-state index in [0.717, 1.165) is 81.4 Å². The molecule has 8 rings (SSSR count). The lowest BCUT2D eigenvalue weighted by Crippen LogP contribution is -2.65. The standard InChI is InChI=1S/C36H44N4O2/c41-26-11-6-8-19-39-21-16-30-29(32-33-28(15-18-37-32)27-13-4-5-14-31(27)38-33)23-36(42,17-9-12-26)34-35(30,24-39)22-25-10-3-1-2-7-20-40(25)34/h3-5,9-10,12-15,18,23,25-26,30,34,38,41-42H,1-2,6-8,11,16-17,19-22,24H2/b10-3-,12-9+/t25-,26-,30?,34+,35-,36-/m0/s1. The molecule has 3 bridgehead atoms. The summed E-state index contributed by atoms with van der Waals surface area (Å²) in [7, 11) is 0. The molecule has 6 heteroatoms. The number of hydrogen-bond donors (Lipinski definition) is 3. The molecule has 5 aliphatic rings. The highest BCUT2D eigenvalue weighted by molar-refractivity contribution is 6.09. The summed E-state index contributed by atoms with van der Waals surface area (Å²) in [5, 5.41) is 26.2. The summed E-state index contributed by atoms with van der Waals surface area (Å²) in [6.07, 6.45) is 21.7. The van der Waals surface area contributed by atoms with Crippen molar-refractivity contribution in [1.29, 1.82) is 0 Å². The van der Waals surface area contributed by atoms with E-state index in [9.17, 15) is 10.2 Å². The van der Waals surface area contributed by atoms with E-state index in [4.69, 9.17) is 4.98 Å². The lowest BCUT2D eigenvalue weighted by atomic mass is 9.54. The number of allylic oxidation sites excluding steroid dienone is 2. The fourth-order valence-corrected chi connectivity index (χ4v) is 9.60. The maximum absolute atomic E-state index is 13.0. The average molecular weight is 565 g/mol. The number of aliphatic hydroxyl groups is 2. The lowest BCUT2D eigenvalue weighted by molar-refractivity contribution is -0.0850. The Kier molecular flexibility index (Phi) is 6.67. The number of para-hydroxylation sites is 1. The molecule has 2 fully saturated rings. The molecular weight excluding hydrogens is 520 g/mol. The van der Waals surface area contributed by atoms with Crippen molar-refractivity contribution >= 4 is 27.4 Å². The van der Waals surface area contributed by atoms with Gasteiger partial charge >= 0.3 is 0 Å². The number of pyridine rings is 1. The number of nitrogens with zero attached hydrogens (tertiary/aromatic N) is 3. The Labute approximate surface area is 248 Å². The third kappa shape index (κ3) is 4.25. The SMILES string of the molecule is O[C@@H]1/C=C/C[C@]2(O)C=C(c3nccc4c3[nH]c3ccccc34)C3CCN(CCCC1)C[C@@]31C[C@@H]3/C=C\CCCCN3[C@H]12. The van der Waals surface area contributed by atoms with Gasteiger partial charge < -0.3 is 20.1 Å². The van der Waals surface area contributed by atoms with Crippen molar-refractivity contribution in [1.82, 2.24) is 19.8 Å². The Morgan fingerprint density at radius 2 is 1.83 bits per heavy atom. The molecule has 42 heavy (non-hydrogen) atoms. The fourth-order valence-electron chi connectivity index (χ4n) is 9.60. The van der Waals surface area contributed by atoms with Crippen molar-refractivity contribution in [3.05, 3.63) is 72.6 Å². The molecule has 0 saturated carbocycles. The molecule has 2 unspecified atom stereocenters. The van der Waals surface area contributed by atoms with Gasteiger partial charge in [0.25, 0.3) is 0 Å². The van der Waals surface area contributed by atoms with Gasteiger partial charge in [0.2, 0.25) is 0 Å². The van der Waals surface area contributed by atoms with E-state index in [1.807, 2.05) is 12.3 Å². The fraction of sp³-hybridized carbons (Fsp3) is 0.528. The number of rotatable bonds is 1. The van der Waals surface area contributed by atoms with Crippen LogP contribution in [-0.4, -0.2) is 79.9 Å². The number of hydrogen-bond acceptors (Lipinski definition) is 5. The Morgan fingerprint density at radius 1 is 0.929 bits per heavy atom. The number of aromatic nitrogens is 2. The van der Waals surface area contributed by atoms with Crippen LogP contribution in [0, 0.1) is 11.3 Å². The van der Waals surface area contributed by atoms with Crippen molar-refractivity contribution in [3.63, 3.8) is 0 Å². The molecule has 2 saturated heterocycles. The molecule has 2 aromatic heterocycles. The lowest BCUT2D eigenvalue weighted by Gasteiger charge is -2.58. The summed E-state index contributed by atoms with van der Waals surface area (Å²) >= 11 is 0. The maximum atomic E-state index is 13.0. The van der Waals surface area contributed by atoms with Gasteiger partial charge in [-0.15, -0.1) is 0 Å². The zero-order chi connectivity index (χ0) is 28.3. The second-order valence-corrected chi connectivity index (χ2v) is 13.7. The number of benzene rings is 1. The quantitative estimate of drug-likeness (QED) is 0.325.